The van der Waals surface area contributed by atoms with Crippen LogP contribution in [0.15, 0.2) is 24.3 Å². The van der Waals surface area contributed by atoms with Crippen molar-refractivity contribution in [2.24, 2.45) is 0 Å². The molecule has 4 heteroatoms. The molecule has 2 heterocycles. The molecule has 0 bridgehead atoms. The minimum atomic E-state index is 0.110. The first kappa shape index (κ1) is 16.5. The quantitative estimate of drug-likeness (QED) is 0.907. The summed E-state index contributed by atoms with van der Waals surface area (Å²) in [5.74, 6) is 0.110. The molecule has 2 fully saturated rings. The van der Waals surface area contributed by atoms with Crippen LogP contribution in [0, 0.1) is 0 Å². The zero-order chi connectivity index (χ0) is 15.9. The Kier molecular flexibility index (Phi) is 6.06. The number of carbonyl (C=O) groups excluding carboxylic acids is 1. The average molecular weight is 315 g/mol. The van der Waals surface area contributed by atoms with E-state index in [0.29, 0.717) is 6.54 Å². The van der Waals surface area contributed by atoms with Crippen LogP contribution in [0.1, 0.15) is 44.1 Å². The maximum Gasteiger partial charge on any atom is 0.238 e. The summed E-state index contributed by atoms with van der Waals surface area (Å²) >= 11 is 0. The van der Waals surface area contributed by atoms with Gasteiger partial charge in [-0.05, 0) is 69.6 Å². The minimum Gasteiger partial charge on any atom is -0.325 e. The Morgan fingerprint density at radius 1 is 0.826 bits per heavy atom. The summed E-state index contributed by atoms with van der Waals surface area (Å²) in [6.45, 7) is 6.10. The third-order valence-corrected chi connectivity index (χ3v) is 4.91. The molecule has 0 saturated carbocycles. The molecule has 0 radical (unpaired) electrons. The molecule has 1 aromatic carbocycles. The van der Waals surface area contributed by atoms with Gasteiger partial charge in [0.2, 0.25) is 5.91 Å². The molecule has 3 rings (SSSR count). The van der Waals surface area contributed by atoms with Crippen LogP contribution in [0.4, 0.5) is 5.69 Å². The van der Waals surface area contributed by atoms with Crippen molar-refractivity contribution in [2.45, 2.75) is 45.1 Å². The van der Waals surface area contributed by atoms with Gasteiger partial charge in [0.15, 0.2) is 0 Å². The van der Waals surface area contributed by atoms with Gasteiger partial charge in [0, 0.05) is 12.2 Å². The number of benzene rings is 1. The van der Waals surface area contributed by atoms with Crippen molar-refractivity contribution in [3.8, 4) is 0 Å². The molecule has 0 unspecified atom stereocenters. The van der Waals surface area contributed by atoms with Crippen molar-refractivity contribution in [3.05, 3.63) is 29.8 Å². The maximum atomic E-state index is 12.2. The van der Waals surface area contributed by atoms with Crippen LogP contribution in [-0.4, -0.2) is 48.4 Å². The molecule has 23 heavy (non-hydrogen) atoms. The van der Waals surface area contributed by atoms with E-state index in [-0.39, 0.29) is 5.91 Å². The molecule has 1 amide bonds. The Hall–Kier alpha value is -1.39. The van der Waals surface area contributed by atoms with E-state index in [0.717, 1.165) is 25.3 Å². The zero-order valence-electron chi connectivity index (χ0n) is 14.1. The van der Waals surface area contributed by atoms with E-state index in [2.05, 4.69) is 27.2 Å². The van der Waals surface area contributed by atoms with Gasteiger partial charge in [0.05, 0.1) is 6.54 Å². The summed E-state index contributed by atoms with van der Waals surface area (Å²) in [6.07, 6.45) is 7.69. The van der Waals surface area contributed by atoms with Crippen LogP contribution in [0.2, 0.25) is 0 Å². The summed E-state index contributed by atoms with van der Waals surface area (Å²) < 4.78 is 0. The predicted octanol–water partition coefficient (Wildman–Crippen LogP) is 3.10. The SMILES string of the molecule is O=C(CN1CCCCCC1)Nc1ccc(CN2CCCC2)cc1. The largest absolute Gasteiger partial charge is 0.325 e. The van der Waals surface area contributed by atoms with Crippen molar-refractivity contribution in [1.29, 1.82) is 0 Å². The Labute approximate surface area is 139 Å². The number of amides is 1. The van der Waals surface area contributed by atoms with E-state index < -0.39 is 0 Å². The zero-order valence-corrected chi connectivity index (χ0v) is 14.1. The molecule has 2 aliphatic rings. The molecule has 0 aliphatic carbocycles. The monoisotopic (exact) mass is 315 g/mol. The highest BCUT2D eigenvalue weighted by Crippen LogP contribution is 2.15. The van der Waals surface area contributed by atoms with Gasteiger partial charge in [-0.1, -0.05) is 25.0 Å². The highest BCUT2D eigenvalue weighted by molar-refractivity contribution is 5.92. The molecule has 0 atom stereocenters. The predicted molar refractivity (Wildman–Crippen MR) is 94.5 cm³/mol. The van der Waals surface area contributed by atoms with Crippen LogP contribution >= 0.6 is 0 Å². The Morgan fingerprint density at radius 3 is 2.04 bits per heavy atom. The fourth-order valence-corrected chi connectivity index (χ4v) is 3.59. The van der Waals surface area contributed by atoms with Gasteiger partial charge in [0.25, 0.3) is 0 Å². The van der Waals surface area contributed by atoms with E-state index in [1.165, 1.54) is 57.2 Å². The summed E-state index contributed by atoms with van der Waals surface area (Å²) in [7, 11) is 0. The highest BCUT2D eigenvalue weighted by atomic mass is 16.2. The van der Waals surface area contributed by atoms with Gasteiger partial charge in [-0.2, -0.15) is 0 Å². The molecule has 0 spiro atoms. The van der Waals surface area contributed by atoms with E-state index in [4.69, 9.17) is 0 Å². The molecular weight excluding hydrogens is 286 g/mol. The van der Waals surface area contributed by atoms with Gasteiger partial charge in [-0.3, -0.25) is 14.6 Å². The first-order valence-electron chi connectivity index (χ1n) is 9.13. The van der Waals surface area contributed by atoms with Crippen molar-refractivity contribution in [2.75, 3.05) is 38.0 Å². The number of carbonyl (C=O) groups is 1. The lowest BCUT2D eigenvalue weighted by atomic mass is 10.2. The number of nitrogens with one attached hydrogen (secondary N) is 1. The van der Waals surface area contributed by atoms with Crippen molar-refractivity contribution in [3.63, 3.8) is 0 Å². The fourth-order valence-electron chi connectivity index (χ4n) is 3.59. The van der Waals surface area contributed by atoms with Gasteiger partial charge in [0.1, 0.15) is 0 Å². The van der Waals surface area contributed by atoms with E-state index in [9.17, 15) is 4.79 Å². The van der Waals surface area contributed by atoms with Crippen molar-refractivity contribution < 1.29 is 4.79 Å². The number of hydrogen-bond donors (Lipinski definition) is 1. The van der Waals surface area contributed by atoms with Crippen LogP contribution in [0.25, 0.3) is 0 Å². The Bertz CT molecular complexity index is 486. The summed E-state index contributed by atoms with van der Waals surface area (Å²) in [4.78, 5) is 17.0. The Morgan fingerprint density at radius 2 is 1.39 bits per heavy atom. The van der Waals surface area contributed by atoms with Gasteiger partial charge < -0.3 is 5.32 Å². The average Bonchev–Trinajstić information content (AvgIpc) is 2.92. The van der Waals surface area contributed by atoms with Gasteiger partial charge >= 0.3 is 0 Å². The number of nitrogens with zero attached hydrogens (tertiary/aromatic N) is 2. The Balaban J connectivity index is 1.46. The lowest BCUT2D eigenvalue weighted by molar-refractivity contribution is -0.117. The molecule has 2 aliphatic heterocycles. The second-order valence-electron chi connectivity index (χ2n) is 6.92. The third kappa shape index (κ3) is 5.33. The third-order valence-electron chi connectivity index (χ3n) is 4.91. The topological polar surface area (TPSA) is 35.6 Å². The number of anilines is 1. The summed E-state index contributed by atoms with van der Waals surface area (Å²) in [5, 5.41) is 3.04. The number of hydrogen-bond acceptors (Lipinski definition) is 3. The van der Waals surface area contributed by atoms with Crippen molar-refractivity contribution >= 4 is 11.6 Å². The molecular formula is C19H29N3O. The van der Waals surface area contributed by atoms with Crippen LogP contribution in [-0.2, 0) is 11.3 Å². The highest BCUT2D eigenvalue weighted by Gasteiger charge is 2.14. The molecule has 1 N–H and O–H groups in total. The molecule has 0 aromatic heterocycles. The molecule has 126 valence electrons. The molecule has 4 nitrogen and oxygen atoms in total. The molecule has 2 saturated heterocycles. The lowest BCUT2D eigenvalue weighted by Crippen LogP contribution is -2.33. The van der Waals surface area contributed by atoms with E-state index in [1.54, 1.807) is 0 Å². The maximum absolute atomic E-state index is 12.2. The standard InChI is InChI=1S/C19H29N3O/c23-19(16-22-11-3-1-2-4-12-22)20-18-9-7-17(8-10-18)15-21-13-5-6-14-21/h7-10H,1-6,11-16H2,(H,20,23). The summed E-state index contributed by atoms with van der Waals surface area (Å²) in [5.41, 5.74) is 2.24. The van der Waals surface area contributed by atoms with E-state index in [1.807, 2.05) is 12.1 Å². The van der Waals surface area contributed by atoms with Crippen LogP contribution < -0.4 is 5.32 Å². The fraction of sp³-hybridized carbons (Fsp3) is 0.632. The number of likely N-dealkylation sites (tertiary alicyclic amines) is 2. The normalized spacial score (nSPS) is 20.3. The smallest absolute Gasteiger partial charge is 0.238 e. The molecule has 1 aromatic rings. The second-order valence-corrected chi connectivity index (χ2v) is 6.92. The first-order chi connectivity index (χ1) is 11.3. The second kappa shape index (κ2) is 8.46. The van der Waals surface area contributed by atoms with Crippen LogP contribution in [0.5, 0.6) is 0 Å². The van der Waals surface area contributed by atoms with E-state index >= 15 is 0 Å². The minimum absolute atomic E-state index is 0.110. The lowest BCUT2D eigenvalue weighted by Gasteiger charge is -2.19. The van der Waals surface area contributed by atoms with Gasteiger partial charge in [-0.15, -0.1) is 0 Å². The summed E-state index contributed by atoms with van der Waals surface area (Å²) in [6, 6.07) is 8.34. The first-order valence-corrected chi connectivity index (χ1v) is 9.13. The number of rotatable bonds is 5. The van der Waals surface area contributed by atoms with Crippen LogP contribution in [0.3, 0.4) is 0 Å². The van der Waals surface area contributed by atoms with Crippen molar-refractivity contribution in [1.82, 2.24) is 9.80 Å². The van der Waals surface area contributed by atoms with Gasteiger partial charge in [-0.25, -0.2) is 0 Å².